The summed E-state index contributed by atoms with van der Waals surface area (Å²) in [6.45, 7) is 3.05. The first-order chi connectivity index (χ1) is 13.1. The number of urea groups is 1. The molecule has 0 fully saturated rings. The van der Waals surface area contributed by atoms with Crippen LogP contribution in [-0.2, 0) is 13.0 Å². The van der Waals surface area contributed by atoms with Crippen LogP contribution in [-0.4, -0.2) is 27.4 Å². The van der Waals surface area contributed by atoms with E-state index in [-0.39, 0.29) is 6.03 Å². The van der Waals surface area contributed by atoms with Crippen molar-refractivity contribution in [2.75, 3.05) is 11.9 Å². The van der Waals surface area contributed by atoms with Crippen molar-refractivity contribution in [3.05, 3.63) is 76.6 Å². The second-order valence-electron chi connectivity index (χ2n) is 6.59. The zero-order valence-electron chi connectivity index (χ0n) is 14.9. The summed E-state index contributed by atoms with van der Waals surface area (Å²) in [6, 6.07) is 15.2. The van der Waals surface area contributed by atoms with Gasteiger partial charge in [0.05, 0.1) is 12.2 Å². The zero-order valence-corrected chi connectivity index (χ0v) is 15.7. The van der Waals surface area contributed by atoms with Crippen LogP contribution in [0, 0.1) is 6.92 Å². The van der Waals surface area contributed by atoms with E-state index in [4.69, 9.17) is 16.6 Å². The molecule has 2 aromatic carbocycles. The number of hydrogen-bond acceptors (Lipinski definition) is 3. The maximum absolute atomic E-state index is 12.7. The molecule has 136 valence electrons. The summed E-state index contributed by atoms with van der Waals surface area (Å²) in [4.78, 5) is 23.6. The minimum absolute atomic E-state index is 0.141. The van der Waals surface area contributed by atoms with E-state index in [0.29, 0.717) is 24.5 Å². The number of halogens is 1. The molecule has 1 aromatic heterocycles. The van der Waals surface area contributed by atoms with Crippen LogP contribution in [0.3, 0.4) is 0 Å². The first-order valence-corrected chi connectivity index (χ1v) is 9.20. The first-order valence-electron chi connectivity index (χ1n) is 8.82. The molecule has 0 radical (unpaired) electrons. The molecular weight excluding hydrogens is 360 g/mol. The summed E-state index contributed by atoms with van der Waals surface area (Å²) in [5.41, 5.74) is 4.69. The van der Waals surface area contributed by atoms with E-state index in [1.165, 1.54) is 0 Å². The van der Waals surface area contributed by atoms with Gasteiger partial charge in [0, 0.05) is 41.0 Å². The zero-order chi connectivity index (χ0) is 18.8. The summed E-state index contributed by atoms with van der Waals surface area (Å²) in [7, 11) is 0. The molecule has 0 aliphatic carbocycles. The van der Waals surface area contributed by atoms with Gasteiger partial charge in [0.25, 0.3) is 0 Å². The number of nitrogens with one attached hydrogen (secondary N) is 1. The van der Waals surface area contributed by atoms with E-state index in [1.807, 2.05) is 55.6 Å². The highest BCUT2D eigenvalue weighted by Crippen LogP contribution is 2.23. The Balaban J connectivity index is 1.50. The number of aromatic nitrogens is 2. The number of benzene rings is 2. The fourth-order valence-corrected chi connectivity index (χ4v) is 3.31. The lowest BCUT2D eigenvalue weighted by Gasteiger charge is -2.28. The SMILES string of the molecule is Cc1ccc(Cl)cc1NC(=O)N1CCc2nc(-c3ccccc3)ncc2C1. The number of carbonyl (C=O) groups is 1. The van der Waals surface area contributed by atoms with Crippen molar-refractivity contribution >= 4 is 23.3 Å². The van der Waals surface area contributed by atoms with Gasteiger partial charge in [0.15, 0.2) is 5.82 Å². The molecule has 6 heteroatoms. The lowest BCUT2D eigenvalue weighted by Crippen LogP contribution is -2.39. The predicted octanol–water partition coefficient (Wildman–Crippen LogP) is 4.70. The number of hydrogen-bond donors (Lipinski definition) is 1. The maximum atomic E-state index is 12.7. The summed E-state index contributed by atoms with van der Waals surface area (Å²) in [5, 5.41) is 3.55. The Kier molecular flexibility index (Phi) is 4.77. The van der Waals surface area contributed by atoms with Crippen molar-refractivity contribution < 1.29 is 4.79 Å². The van der Waals surface area contributed by atoms with Crippen LogP contribution in [0.2, 0.25) is 5.02 Å². The normalized spacial score (nSPS) is 13.2. The van der Waals surface area contributed by atoms with Gasteiger partial charge < -0.3 is 10.2 Å². The molecule has 1 N–H and O–H groups in total. The number of amides is 2. The summed E-state index contributed by atoms with van der Waals surface area (Å²) in [6.07, 6.45) is 2.54. The van der Waals surface area contributed by atoms with Crippen LogP contribution in [0.5, 0.6) is 0 Å². The van der Waals surface area contributed by atoms with E-state index in [9.17, 15) is 4.79 Å². The van der Waals surface area contributed by atoms with Crippen LogP contribution in [0.4, 0.5) is 10.5 Å². The number of carbonyl (C=O) groups excluding carboxylic acids is 1. The molecule has 0 unspecified atom stereocenters. The van der Waals surface area contributed by atoms with Gasteiger partial charge in [-0.2, -0.15) is 0 Å². The lowest BCUT2D eigenvalue weighted by molar-refractivity contribution is 0.206. The first kappa shape index (κ1) is 17.5. The number of rotatable bonds is 2. The summed E-state index contributed by atoms with van der Waals surface area (Å²) >= 11 is 6.04. The number of anilines is 1. The smallest absolute Gasteiger partial charge is 0.320 e. The second kappa shape index (κ2) is 7.37. The van der Waals surface area contributed by atoms with Crippen LogP contribution >= 0.6 is 11.6 Å². The number of nitrogens with zero attached hydrogens (tertiary/aromatic N) is 3. The van der Waals surface area contributed by atoms with Crippen LogP contribution in [0.25, 0.3) is 11.4 Å². The van der Waals surface area contributed by atoms with Crippen molar-refractivity contribution in [3.8, 4) is 11.4 Å². The van der Waals surface area contributed by atoms with Crippen LogP contribution in [0.1, 0.15) is 16.8 Å². The topological polar surface area (TPSA) is 58.1 Å². The molecule has 1 aliphatic rings. The highest BCUT2D eigenvalue weighted by atomic mass is 35.5. The van der Waals surface area contributed by atoms with Crippen molar-refractivity contribution in [1.82, 2.24) is 14.9 Å². The molecule has 0 atom stereocenters. The Morgan fingerprint density at radius 1 is 1.19 bits per heavy atom. The second-order valence-corrected chi connectivity index (χ2v) is 7.03. The van der Waals surface area contributed by atoms with Crippen molar-refractivity contribution in [2.45, 2.75) is 19.9 Å². The highest BCUT2D eigenvalue weighted by Gasteiger charge is 2.23. The van der Waals surface area contributed by atoms with Gasteiger partial charge in [-0.05, 0) is 24.6 Å². The van der Waals surface area contributed by atoms with Gasteiger partial charge >= 0.3 is 6.03 Å². The minimum atomic E-state index is -0.141. The van der Waals surface area contributed by atoms with Gasteiger partial charge in [0.2, 0.25) is 0 Å². The molecule has 0 saturated carbocycles. The molecule has 0 spiro atoms. The Hall–Kier alpha value is -2.92. The van der Waals surface area contributed by atoms with E-state index in [0.717, 1.165) is 33.9 Å². The molecule has 2 heterocycles. The predicted molar refractivity (Wildman–Crippen MR) is 107 cm³/mol. The van der Waals surface area contributed by atoms with E-state index in [2.05, 4.69) is 10.3 Å². The maximum Gasteiger partial charge on any atom is 0.322 e. The molecule has 27 heavy (non-hydrogen) atoms. The quantitative estimate of drug-likeness (QED) is 0.703. The van der Waals surface area contributed by atoms with Crippen LogP contribution < -0.4 is 5.32 Å². The molecule has 2 amide bonds. The van der Waals surface area contributed by atoms with Gasteiger partial charge in [-0.15, -0.1) is 0 Å². The molecule has 5 nitrogen and oxygen atoms in total. The molecule has 3 aromatic rings. The molecular formula is C21H19ClN4O. The highest BCUT2D eigenvalue weighted by molar-refractivity contribution is 6.31. The van der Waals surface area contributed by atoms with Gasteiger partial charge in [-0.3, -0.25) is 0 Å². The fraction of sp³-hybridized carbons (Fsp3) is 0.190. The molecule has 0 saturated heterocycles. The molecule has 1 aliphatic heterocycles. The van der Waals surface area contributed by atoms with Crippen molar-refractivity contribution in [2.24, 2.45) is 0 Å². The Labute approximate surface area is 163 Å². The average Bonchev–Trinajstić information content (AvgIpc) is 2.70. The van der Waals surface area contributed by atoms with Gasteiger partial charge in [0.1, 0.15) is 0 Å². The Bertz CT molecular complexity index is 991. The summed E-state index contributed by atoms with van der Waals surface area (Å²) < 4.78 is 0. The van der Waals surface area contributed by atoms with E-state index < -0.39 is 0 Å². The third-order valence-electron chi connectivity index (χ3n) is 4.69. The third kappa shape index (κ3) is 3.78. The Morgan fingerprint density at radius 2 is 2.00 bits per heavy atom. The minimum Gasteiger partial charge on any atom is -0.320 e. The monoisotopic (exact) mass is 378 g/mol. The molecule has 4 rings (SSSR count). The van der Waals surface area contributed by atoms with Gasteiger partial charge in [-0.25, -0.2) is 14.8 Å². The average molecular weight is 379 g/mol. The Morgan fingerprint density at radius 3 is 2.81 bits per heavy atom. The van der Waals surface area contributed by atoms with E-state index in [1.54, 1.807) is 11.0 Å². The summed E-state index contributed by atoms with van der Waals surface area (Å²) in [5.74, 6) is 0.724. The van der Waals surface area contributed by atoms with Crippen LogP contribution in [0.15, 0.2) is 54.7 Å². The number of fused-ring (bicyclic) bond motifs is 1. The standard InChI is InChI=1S/C21H19ClN4O/c1-14-7-8-17(22)11-19(14)25-21(27)26-10-9-18-16(13-26)12-23-20(24-18)15-5-3-2-4-6-15/h2-8,11-12H,9-10,13H2,1H3,(H,25,27). The largest absolute Gasteiger partial charge is 0.322 e. The van der Waals surface area contributed by atoms with Crippen molar-refractivity contribution in [1.29, 1.82) is 0 Å². The van der Waals surface area contributed by atoms with Gasteiger partial charge in [-0.1, -0.05) is 48.0 Å². The lowest BCUT2D eigenvalue weighted by atomic mass is 10.1. The van der Waals surface area contributed by atoms with E-state index >= 15 is 0 Å². The molecule has 0 bridgehead atoms. The third-order valence-corrected chi connectivity index (χ3v) is 4.93. The number of aryl methyl sites for hydroxylation is 1. The fourth-order valence-electron chi connectivity index (χ4n) is 3.14. The van der Waals surface area contributed by atoms with Crippen molar-refractivity contribution in [3.63, 3.8) is 0 Å².